The second kappa shape index (κ2) is 5.42. The largest absolute Gasteiger partial charge is 0.423 e. The topological polar surface area (TPSA) is 84.9 Å². The lowest BCUT2D eigenvalue weighted by Gasteiger charge is -2.08. The first kappa shape index (κ1) is 13.6. The van der Waals surface area contributed by atoms with E-state index in [9.17, 15) is 0 Å². The fraction of sp³-hybridized carbons (Fsp3) is 0.0833. The minimum Gasteiger partial charge on any atom is -0.423 e. The van der Waals surface area contributed by atoms with Crippen LogP contribution in [0.2, 0.25) is 10.0 Å². The number of aromatic nitrogens is 2. The minimum atomic E-state index is -0.160. The molecule has 0 bridgehead atoms. The summed E-state index contributed by atoms with van der Waals surface area (Å²) in [6, 6.07) is 6.47. The Hall–Kier alpha value is -1.85. The third-order valence-electron chi connectivity index (χ3n) is 2.20. The highest BCUT2D eigenvalue weighted by Crippen LogP contribution is 2.30. The molecule has 0 unspecified atom stereocenters. The summed E-state index contributed by atoms with van der Waals surface area (Å²) in [6.07, 6.45) is 0. The van der Waals surface area contributed by atoms with Crippen molar-refractivity contribution in [3.63, 3.8) is 0 Å². The van der Waals surface area contributed by atoms with Gasteiger partial charge in [0.15, 0.2) is 5.75 Å². The molecule has 2 rings (SSSR count). The van der Waals surface area contributed by atoms with Crippen LogP contribution in [0.1, 0.15) is 11.4 Å². The van der Waals surface area contributed by atoms with Gasteiger partial charge in [-0.25, -0.2) is 4.98 Å². The summed E-state index contributed by atoms with van der Waals surface area (Å²) in [4.78, 5) is 8.11. The van der Waals surface area contributed by atoms with E-state index in [1.807, 2.05) is 0 Å². The molecule has 0 fully saturated rings. The molecule has 0 saturated heterocycles. The average Bonchev–Trinajstić information content (AvgIpc) is 2.33. The SMILES string of the molecule is Cc1cc(C(=N)N)nc(Oc2cc(Cl)ccc2Cl)n1. The van der Waals surface area contributed by atoms with E-state index in [2.05, 4.69) is 9.97 Å². The van der Waals surface area contributed by atoms with Crippen molar-refractivity contribution in [2.75, 3.05) is 0 Å². The Kier molecular flexibility index (Phi) is 3.87. The third-order valence-corrected chi connectivity index (χ3v) is 2.75. The zero-order valence-corrected chi connectivity index (χ0v) is 11.5. The van der Waals surface area contributed by atoms with Crippen molar-refractivity contribution in [2.24, 2.45) is 5.73 Å². The van der Waals surface area contributed by atoms with Crippen LogP contribution in [-0.4, -0.2) is 15.8 Å². The van der Waals surface area contributed by atoms with E-state index in [1.165, 1.54) is 0 Å². The van der Waals surface area contributed by atoms with Gasteiger partial charge in [0.2, 0.25) is 0 Å². The molecule has 2 aromatic rings. The molecule has 0 atom stereocenters. The number of rotatable bonds is 3. The predicted octanol–water partition coefficient (Wildman–Crippen LogP) is 3.17. The van der Waals surface area contributed by atoms with Gasteiger partial charge >= 0.3 is 6.01 Å². The molecule has 0 amide bonds. The predicted molar refractivity (Wildman–Crippen MR) is 74.3 cm³/mol. The van der Waals surface area contributed by atoms with Crippen LogP contribution < -0.4 is 10.5 Å². The highest BCUT2D eigenvalue weighted by molar-refractivity contribution is 6.34. The molecule has 0 aliphatic heterocycles. The first-order chi connectivity index (χ1) is 8.95. The minimum absolute atomic E-state index is 0.0642. The summed E-state index contributed by atoms with van der Waals surface area (Å²) < 4.78 is 5.47. The van der Waals surface area contributed by atoms with Gasteiger partial charge in [0, 0.05) is 16.8 Å². The number of benzene rings is 1. The lowest BCUT2D eigenvalue weighted by atomic mass is 10.3. The quantitative estimate of drug-likeness (QED) is 0.673. The van der Waals surface area contributed by atoms with Gasteiger partial charge < -0.3 is 10.5 Å². The molecule has 0 radical (unpaired) electrons. The van der Waals surface area contributed by atoms with Crippen molar-refractivity contribution in [2.45, 2.75) is 6.92 Å². The van der Waals surface area contributed by atoms with Crippen molar-refractivity contribution in [1.82, 2.24) is 9.97 Å². The summed E-state index contributed by atoms with van der Waals surface area (Å²) in [5, 5.41) is 8.24. The van der Waals surface area contributed by atoms with Crippen LogP contribution >= 0.6 is 23.2 Å². The number of halogens is 2. The lowest BCUT2D eigenvalue weighted by Crippen LogP contribution is -2.14. The van der Waals surface area contributed by atoms with Crippen LogP contribution in [0, 0.1) is 12.3 Å². The molecule has 98 valence electrons. The number of nitrogens with one attached hydrogen (secondary N) is 1. The molecule has 0 aliphatic rings. The van der Waals surface area contributed by atoms with E-state index in [0.29, 0.717) is 27.2 Å². The molecule has 7 heteroatoms. The van der Waals surface area contributed by atoms with Crippen molar-refractivity contribution in [3.05, 3.63) is 45.7 Å². The summed E-state index contributed by atoms with van der Waals surface area (Å²) in [5.74, 6) is 0.182. The Labute approximate surface area is 119 Å². The molecule has 5 nitrogen and oxygen atoms in total. The third kappa shape index (κ3) is 3.33. The summed E-state index contributed by atoms with van der Waals surface area (Å²) in [5.41, 5.74) is 6.31. The number of amidine groups is 1. The van der Waals surface area contributed by atoms with Crippen LogP contribution in [0.25, 0.3) is 0 Å². The second-order valence-electron chi connectivity index (χ2n) is 3.77. The van der Waals surface area contributed by atoms with Gasteiger partial charge in [0.25, 0.3) is 0 Å². The highest BCUT2D eigenvalue weighted by atomic mass is 35.5. The monoisotopic (exact) mass is 296 g/mol. The average molecular weight is 297 g/mol. The van der Waals surface area contributed by atoms with E-state index in [4.69, 9.17) is 39.1 Å². The number of aryl methyl sites for hydroxylation is 1. The van der Waals surface area contributed by atoms with Crippen molar-refractivity contribution < 1.29 is 4.74 Å². The van der Waals surface area contributed by atoms with Crippen LogP contribution in [-0.2, 0) is 0 Å². The van der Waals surface area contributed by atoms with Crippen molar-refractivity contribution in [3.8, 4) is 11.8 Å². The van der Waals surface area contributed by atoms with Gasteiger partial charge in [-0.3, -0.25) is 5.41 Å². The van der Waals surface area contributed by atoms with Gasteiger partial charge in [-0.1, -0.05) is 23.2 Å². The standard InChI is InChI=1S/C12H10Cl2N4O/c1-6-4-9(11(15)16)18-12(17-6)19-10-5-7(13)2-3-8(10)14/h2-5H,1H3,(H3,15,16). The molecular weight excluding hydrogens is 287 g/mol. The van der Waals surface area contributed by atoms with E-state index in [-0.39, 0.29) is 11.8 Å². The zero-order valence-electron chi connectivity index (χ0n) is 9.95. The number of ether oxygens (including phenoxy) is 1. The van der Waals surface area contributed by atoms with Crippen molar-refractivity contribution in [1.29, 1.82) is 5.41 Å². The molecule has 0 spiro atoms. The Balaban J connectivity index is 2.38. The second-order valence-corrected chi connectivity index (χ2v) is 4.61. The van der Waals surface area contributed by atoms with E-state index in [1.54, 1.807) is 31.2 Å². The van der Waals surface area contributed by atoms with Crippen molar-refractivity contribution >= 4 is 29.0 Å². The first-order valence-corrected chi connectivity index (χ1v) is 6.04. The zero-order chi connectivity index (χ0) is 14.0. The maximum absolute atomic E-state index is 7.37. The molecule has 0 saturated carbocycles. The van der Waals surface area contributed by atoms with Gasteiger partial charge in [-0.05, 0) is 25.1 Å². The van der Waals surface area contributed by atoms with Gasteiger partial charge in [0.1, 0.15) is 11.5 Å². The number of nitrogen functional groups attached to an aromatic ring is 1. The van der Waals surface area contributed by atoms with E-state index < -0.39 is 0 Å². The Morgan fingerprint density at radius 3 is 2.68 bits per heavy atom. The summed E-state index contributed by atoms with van der Waals surface area (Å²) >= 11 is 11.8. The van der Waals surface area contributed by atoms with Crippen LogP contribution in [0.3, 0.4) is 0 Å². The molecule has 0 aliphatic carbocycles. The number of hydrogen-bond acceptors (Lipinski definition) is 4. The highest BCUT2D eigenvalue weighted by Gasteiger charge is 2.09. The fourth-order valence-electron chi connectivity index (χ4n) is 1.38. The maximum Gasteiger partial charge on any atom is 0.322 e. The van der Waals surface area contributed by atoms with Crippen LogP contribution in [0.4, 0.5) is 0 Å². The molecule has 3 N–H and O–H groups in total. The Bertz CT molecular complexity index is 646. The molecular formula is C12H10Cl2N4O. The summed E-state index contributed by atoms with van der Waals surface area (Å²) in [7, 11) is 0. The molecule has 1 aromatic carbocycles. The smallest absolute Gasteiger partial charge is 0.322 e. The Morgan fingerprint density at radius 1 is 1.26 bits per heavy atom. The number of nitrogens with zero attached hydrogens (tertiary/aromatic N) is 2. The first-order valence-electron chi connectivity index (χ1n) is 5.28. The number of nitrogens with two attached hydrogens (primary N) is 1. The van der Waals surface area contributed by atoms with E-state index in [0.717, 1.165) is 0 Å². The number of hydrogen-bond donors (Lipinski definition) is 2. The molecule has 19 heavy (non-hydrogen) atoms. The summed E-state index contributed by atoms with van der Waals surface area (Å²) in [6.45, 7) is 1.75. The van der Waals surface area contributed by atoms with Crippen LogP contribution in [0.15, 0.2) is 24.3 Å². The fourth-order valence-corrected chi connectivity index (χ4v) is 1.70. The maximum atomic E-state index is 7.37. The van der Waals surface area contributed by atoms with Gasteiger partial charge in [0.05, 0.1) is 5.02 Å². The van der Waals surface area contributed by atoms with Gasteiger partial charge in [-0.2, -0.15) is 4.98 Å². The molecule has 1 aromatic heterocycles. The van der Waals surface area contributed by atoms with E-state index >= 15 is 0 Å². The molecule has 1 heterocycles. The lowest BCUT2D eigenvalue weighted by molar-refractivity contribution is 0.440. The Morgan fingerprint density at radius 2 is 2.00 bits per heavy atom. The van der Waals surface area contributed by atoms with Gasteiger partial charge in [-0.15, -0.1) is 0 Å². The van der Waals surface area contributed by atoms with Crippen LogP contribution in [0.5, 0.6) is 11.8 Å². The normalized spacial score (nSPS) is 10.3.